The molecule has 0 bridgehead atoms. The van der Waals surface area contributed by atoms with E-state index in [9.17, 15) is 0 Å². The van der Waals surface area contributed by atoms with Gasteiger partial charge < -0.3 is 18.5 Å². The summed E-state index contributed by atoms with van der Waals surface area (Å²) >= 11 is 0. The summed E-state index contributed by atoms with van der Waals surface area (Å²) in [5, 5.41) is 13.9. The van der Waals surface area contributed by atoms with E-state index < -0.39 is 6.16 Å². The fourth-order valence-corrected chi connectivity index (χ4v) is 0. The monoisotopic (exact) mass is 220 g/mol. The molecule has 0 aromatic carbocycles. The number of carboxylic acid groups (broad SMARTS) is 2. The minimum Gasteiger partial charge on any atom is -1.00 e. The van der Waals surface area contributed by atoms with Crippen LogP contribution in [0.5, 0.6) is 0 Å². The van der Waals surface area contributed by atoms with Gasteiger partial charge in [-0.25, -0.2) is 4.79 Å². The van der Waals surface area contributed by atoms with Gasteiger partial charge in [0.15, 0.2) is 0 Å². The number of carbonyl (C=O) groups is 1. The van der Waals surface area contributed by atoms with Crippen LogP contribution in [0.25, 0.3) is 0 Å². The van der Waals surface area contributed by atoms with Crippen molar-refractivity contribution in [1.82, 2.24) is 0 Å². The van der Waals surface area contributed by atoms with E-state index in [2.05, 4.69) is 0 Å². The molecular weight excluding hydrogens is 213 g/mol. The molecule has 0 spiro atoms. The maximum atomic E-state index is 8.56. The molecule has 36 valence electrons. The van der Waals surface area contributed by atoms with Gasteiger partial charge in [0.05, 0.1) is 0 Å². The largest absolute Gasteiger partial charge is 2.00 e. The van der Waals surface area contributed by atoms with Crippen LogP contribution in [0.1, 0.15) is 2.85 Å². The van der Waals surface area contributed by atoms with Crippen molar-refractivity contribution in [2.75, 3.05) is 0 Å². The average Bonchev–Trinajstić information content (AvgIpc) is 0.811. The average molecular weight is 219 g/mol. The van der Waals surface area contributed by atoms with Crippen molar-refractivity contribution in [2.24, 2.45) is 0 Å². The second-order valence-corrected chi connectivity index (χ2v) is 0.283. The smallest absolute Gasteiger partial charge is 1.00 e. The predicted molar refractivity (Wildman–Crippen MR) is 22.2 cm³/mol. The summed E-state index contributed by atoms with van der Waals surface area (Å²) < 4.78 is 0. The maximum absolute atomic E-state index is 8.56. The van der Waals surface area contributed by atoms with Gasteiger partial charge in [0.1, 0.15) is 0 Å². The van der Waals surface area contributed by atoms with Crippen molar-refractivity contribution >= 4 is 55.0 Å². The van der Waals surface area contributed by atoms with Gasteiger partial charge in [-0.2, -0.15) is 0 Å². The summed E-state index contributed by atoms with van der Waals surface area (Å²) in [6.07, 6.45) is -1.83. The van der Waals surface area contributed by atoms with Crippen LogP contribution >= 0.6 is 0 Å². The Morgan fingerprint density at radius 1 is 1.50 bits per heavy atom. The van der Waals surface area contributed by atoms with Gasteiger partial charge in [0.2, 0.25) is 0 Å². The van der Waals surface area contributed by atoms with E-state index in [1.165, 1.54) is 0 Å². The summed E-state index contributed by atoms with van der Waals surface area (Å²) in [7, 11) is 0. The first-order valence-electron chi connectivity index (χ1n) is 0.651. The van der Waals surface area contributed by atoms with Crippen LogP contribution in [-0.2, 0) is 0 Å². The third-order valence-corrected chi connectivity index (χ3v) is 0. The van der Waals surface area contributed by atoms with Crippen molar-refractivity contribution in [1.29, 1.82) is 0 Å². The van der Waals surface area contributed by atoms with Crippen molar-refractivity contribution in [3.05, 3.63) is 0 Å². The molecule has 0 amide bonds. The second-order valence-electron chi connectivity index (χ2n) is 0.283. The molecule has 0 unspecified atom stereocenters. The van der Waals surface area contributed by atoms with Gasteiger partial charge in [-0.15, -0.1) is 0 Å². The molecule has 0 aromatic rings. The van der Waals surface area contributed by atoms with Gasteiger partial charge in [-0.3, -0.25) is 0 Å². The molecule has 0 aliphatic heterocycles. The van der Waals surface area contributed by atoms with Crippen LogP contribution in [0.2, 0.25) is 0 Å². The Labute approximate surface area is 77.5 Å². The van der Waals surface area contributed by atoms with E-state index in [1.54, 1.807) is 0 Å². The zero-order valence-corrected chi connectivity index (χ0v) is 7.45. The fourth-order valence-electron chi connectivity index (χ4n) is 0. The zero-order chi connectivity index (χ0) is 3.58. The van der Waals surface area contributed by atoms with E-state index in [4.69, 9.17) is 15.0 Å². The molecule has 0 radical (unpaired) electrons. The number of rotatable bonds is 0. The standard InChI is InChI=1S/CH2O3.Ba.H2O.2H/c2-1(3)4;;;;/h(H2,2,3,4);;1H2;;/q;+2;;2*-1. The third kappa shape index (κ3) is 108. The Morgan fingerprint density at radius 2 is 1.50 bits per heavy atom. The Hall–Kier alpha value is 0.801. The summed E-state index contributed by atoms with van der Waals surface area (Å²) in [5.74, 6) is 0. The second kappa shape index (κ2) is 9.26. The maximum Gasteiger partial charge on any atom is 2.00 e. The number of hydrogen-bond donors (Lipinski definition) is 2. The van der Waals surface area contributed by atoms with Gasteiger partial charge in [-0.05, 0) is 0 Å². The first-order valence-corrected chi connectivity index (χ1v) is 0.651. The van der Waals surface area contributed by atoms with Crippen LogP contribution in [0.3, 0.4) is 0 Å². The number of hydrogen-bond acceptors (Lipinski definition) is 1. The Morgan fingerprint density at radius 3 is 1.50 bits per heavy atom. The first kappa shape index (κ1) is 15.8. The molecule has 4 nitrogen and oxygen atoms in total. The van der Waals surface area contributed by atoms with E-state index in [1.807, 2.05) is 0 Å². The normalized spacial score (nSPS) is 4.00. The van der Waals surface area contributed by atoms with Gasteiger partial charge >= 0.3 is 55.0 Å². The molecule has 0 aliphatic rings. The summed E-state index contributed by atoms with van der Waals surface area (Å²) in [5.41, 5.74) is 0. The van der Waals surface area contributed by atoms with E-state index >= 15 is 0 Å². The molecule has 6 heavy (non-hydrogen) atoms. The SMILES string of the molecule is O.O=C(O)O.[Ba+2].[H-].[H-]. The van der Waals surface area contributed by atoms with Crippen molar-refractivity contribution < 1.29 is 23.3 Å². The molecule has 0 heterocycles. The van der Waals surface area contributed by atoms with Gasteiger partial charge in [0.25, 0.3) is 0 Å². The van der Waals surface area contributed by atoms with Crippen LogP contribution in [0.15, 0.2) is 0 Å². The molecule has 0 saturated heterocycles. The van der Waals surface area contributed by atoms with E-state index in [-0.39, 0.29) is 57.2 Å². The molecular formula is CH6BaO4. The molecule has 0 rings (SSSR count). The summed E-state index contributed by atoms with van der Waals surface area (Å²) in [6, 6.07) is 0. The minimum atomic E-state index is -1.83. The third-order valence-electron chi connectivity index (χ3n) is 0. The van der Waals surface area contributed by atoms with Crippen molar-refractivity contribution in [3.8, 4) is 0 Å². The van der Waals surface area contributed by atoms with Crippen LogP contribution in [0, 0.1) is 0 Å². The summed E-state index contributed by atoms with van der Waals surface area (Å²) in [4.78, 5) is 8.56. The first-order chi connectivity index (χ1) is 1.73. The molecule has 0 aliphatic carbocycles. The Balaban J connectivity index is -0.00000000750. The quantitative estimate of drug-likeness (QED) is 0.525. The van der Waals surface area contributed by atoms with Gasteiger partial charge in [-0.1, -0.05) is 0 Å². The molecule has 0 fully saturated rings. The van der Waals surface area contributed by atoms with Gasteiger partial charge in [0, 0.05) is 0 Å². The Bertz CT molecular complexity index is 37.0. The zero-order valence-electron chi connectivity index (χ0n) is 5.01. The predicted octanol–water partition coefficient (Wildman–Crippen LogP) is -0.758. The topological polar surface area (TPSA) is 89.0 Å². The Kier molecular flexibility index (Phi) is 24.4. The molecule has 4 N–H and O–H groups in total. The molecule has 0 saturated carbocycles. The van der Waals surface area contributed by atoms with Crippen LogP contribution in [-0.4, -0.2) is 70.7 Å². The van der Waals surface area contributed by atoms with Crippen LogP contribution < -0.4 is 0 Å². The van der Waals surface area contributed by atoms with Crippen molar-refractivity contribution in [2.45, 2.75) is 0 Å². The molecule has 5 heteroatoms. The molecule has 0 atom stereocenters. The van der Waals surface area contributed by atoms with E-state index in [0.717, 1.165) is 0 Å². The van der Waals surface area contributed by atoms with E-state index in [0.29, 0.717) is 0 Å². The minimum absolute atomic E-state index is 0. The van der Waals surface area contributed by atoms with Crippen molar-refractivity contribution in [3.63, 3.8) is 0 Å². The summed E-state index contributed by atoms with van der Waals surface area (Å²) in [6.45, 7) is 0. The molecule has 0 aromatic heterocycles. The fraction of sp³-hybridized carbons (Fsp3) is 0. The van der Waals surface area contributed by atoms with Crippen LogP contribution in [0.4, 0.5) is 4.79 Å².